The first kappa shape index (κ1) is 23.0. The Hall–Kier alpha value is -3.14. The van der Waals surface area contributed by atoms with E-state index in [2.05, 4.69) is 27.6 Å². The minimum Gasteiger partial charge on any atom is -0.507 e. The number of hydrogen-bond acceptors (Lipinski definition) is 5. The van der Waals surface area contributed by atoms with Crippen LogP contribution < -0.4 is 4.74 Å². The number of aliphatic hydroxyl groups excluding tert-OH is 1. The number of amides is 1. The number of ether oxygens (including phenoxy) is 1. The van der Waals surface area contributed by atoms with Gasteiger partial charge in [-0.3, -0.25) is 9.59 Å². The molecule has 3 aromatic rings. The van der Waals surface area contributed by atoms with E-state index < -0.39 is 17.7 Å². The van der Waals surface area contributed by atoms with Crippen LogP contribution in [-0.4, -0.2) is 44.4 Å². The molecule has 1 amide bonds. The van der Waals surface area contributed by atoms with Crippen LogP contribution in [0.5, 0.6) is 5.75 Å². The van der Waals surface area contributed by atoms with Crippen molar-refractivity contribution in [2.75, 3.05) is 13.2 Å². The summed E-state index contributed by atoms with van der Waals surface area (Å²) in [6.45, 7) is 3.39. The molecular weight excluding hydrogens is 533 g/mol. The fourth-order valence-electron chi connectivity index (χ4n) is 4.00. The summed E-state index contributed by atoms with van der Waals surface area (Å²) in [4.78, 5) is 31.8. The van der Waals surface area contributed by atoms with Crippen molar-refractivity contribution in [1.82, 2.24) is 14.5 Å². The number of Topliss-reactive ketones (excluding diaryl/α,β-unsaturated/α-hetero) is 1. The average Bonchev–Trinajstić information content (AvgIpc) is 3.42. The molecule has 8 heteroatoms. The highest BCUT2D eigenvalue weighted by Gasteiger charge is 2.45. The third-order valence-electron chi connectivity index (χ3n) is 5.52. The lowest BCUT2D eigenvalue weighted by Gasteiger charge is -2.25. The lowest BCUT2D eigenvalue weighted by Crippen LogP contribution is -2.31. The topological polar surface area (TPSA) is 84.7 Å². The molecule has 1 aromatic heterocycles. The zero-order valence-electron chi connectivity index (χ0n) is 18.1. The number of aromatic nitrogens is 2. The lowest BCUT2D eigenvalue weighted by molar-refractivity contribution is -0.139. The Morgan fingerprint density at radius 2 is 1.94 bits per heavy atom. The van der Waals surface area contributed by atoms with Crippen LogP contribution in [0, 0.1) is 3.57 Å². The summed E-state index contributed by atoms with van der Waals surface area (Å²) >= 11 is 2.21. The number of likely N-dealkylation sites (tertiary alicyclic amines) is 1. The Kier molecular flexibility index (Phi) is 7.12. The summed E-state index contributed by atoms with van der Waals surface area (Å²) in [6.07, 6.45) is 5.92. The first-order valence-electron chi connectivity index (χ1n) is 10.7. The van der Waals surface area contributed by atoms with Gasteiger partial charge in [-0.1, -0.05) is 24.3 Å². The lowest BCUT2D eigenvalue weighted by atomic mass is 9.95. The molecule has 1 aliphatic heterocycles. The molecule has 0 bridgehead atoms. The van der Waals surface area contributed by atoms with E-state index in [4.69, 9.17) is 4.74 Å². The van der Waals surface area contributed by atoms with E-state index in [9.17, 15) is 14.7 Å². The molecule has 0 aliphatic carbocycles. The minimum absolute atomic E-state index is 0.0949. The van der Waals surface area contributed by atoms with Gasteiger partial charge in [-0.25, -0.2) is 4.98 Å². The van der Waals surface area contributed by atoms with Gasteiger partial charge >= 0.3 is 0 Å². The Balaban J connectivity index is 1.73. The molecule has 170 valence electrons. The highest BCUT2D eigenvalue weighted by atomic mass is 127. The molecule has 0 spiro atoms. The molecule has 2 aromatic carbocycles. The third kappa shape index (κ3) is 4.95. The van der Waals surface area contributed by atoms with Crippen molar-refractivity contribution >= 4 is 40.0 Å². The summed E-state index contributed by atoms with van der Waals surface area (Å²) in [5.41, 5.74) is 1.31. The van der Waals surface area contributed by atoms with Crippen LogP contribution >= 0.6 is 22.6 Å². The molecule has 1 aliphatic rings. The van der Waals surface area contributed by atoms with Crippen LogP contribution in [0.25, 0.3) is 5.76 Å². The molecule has 7 nitrogen and oxygen atoms in total. The summed E-state index contributed by atoms with van der Waals surface area (Å²) in [6, 6.07) is 13.9. The highest BCUT2D eigenvalue weighted by molar-refractivity contribution is 14.1. The number of carbonyl (C=O) groups excluding carboxylic acids is 2. The standard InChI is InChI=1S/C25H24IN3O4/c1-2-33-20-6-3-5-18(15-20)23(30)21-22(17-7-9-19(26)10-8-17)29(25(32)24(21)31)13-4-12-28-14-11-27-16-28/h3,5-11,14-16,22,30H,2,4,12-13H2,1H3. The average molecular weight is 557 g/mol. The number of hydrogen-bond donors (Lipinski definition) is 1. The number of halogens is 1. The smallest absolute Gasteiger partial charge is 0.295 e. The van der Waals surface area contributed by atoms with Gasteiger partial charge in [-0.2, -0.15) is 0 Å². The number of imidazole rings is 1. The summed E-state index contributed by atoms with van der Waals surface area (Å²) in [5, 5.41) is 11.2. The SMILES string of the molecule is CCOc1cccc(C(O)=C2C(=O)C(=O)N(CCCn3ccnc3)C2c2ccc(I)cc2)c1. The number of aryl methyl sites for hydroxylation is 1. The maximum atomic E-state index is 13.1. The van der Waals surface area contributed by atoms with Gasteiger partial charge in [0.15, 0.2) is 0 Å². The zero-order chi connectivity index (χ0) is 23.4. The van der Waals surface area contributed by atoms with E-state index in [1.165, 1.54) is 0 Å². The Morgan fingerprint density at radius 1 is 1.15 bits per heavy atom. The van der Waals surface area contributed by atoms with E-state index in [1.54, 1.807) is 41.7 Å². The van der Waals surface area contributed by atoms with E-state index in [0.29, 0.717) is 37.4 Å². The third-order valence-corrected chi connectivity index (χ3v) is 6.24. The Labute approximate surface area is 205 Å². The molecule has 2 heterocycles. The zero-order valence-corrected chi connectivity index (χ0v) is 20.3. The fraction of sp³-hybridized carbons (Fsp3) is 0.240. The first-order valence-corrected chi connectivity index (χ1v) is 11.8. The van der Waals surface area contributed by atoms with Gasteiger partial charge in [0.2, 0.25) is 0 Å². The monoisotopic (exact) mass is 557 g/mol. The van der Waals surface area contributed by atoms with E-state index >= 15 is 0 Å². The molecule has 1 fully saturated rings. The van der Waals surface area contributed by atoms with Crippen LogP contribution in [0.15, 0.2) is 72.8 Å². The van der Waals surface area contributed by atoms with Crippen molar-refractivity contribution in [3.05, 3.63) is 87.5 Å². The maximum absolute atomic E-state index is 13.1. The Morgan fingerprint density at radius 3 is 2.64 bits per heavy atom. The number of nitrogens with zero attached hydrogens (tertiary/aromatic N) is 3. The number of aliphatic hydroxyl groups is 1. The van der Waals surface area contributed by atoms with Crippen LogP contribution in [0.4, 0.5) is 0 Å². The van der Waals surface area contributed by atoms with Gasteiger partial charge in [0.05, 0.1) is 24.5 Å². The minimum atomic E-state index is -0.680. The number of rotatable bonds is 8. The number of ketones is 1. The van der Waals surface area contributed by atoms with Crippen molar-refractivity contribution in [3.8, 4) is 5.75 Å². The van der Waals surface area contributed by atoms with Crippen molar-refractivity contribution in [2.45, 2.75) is 25.9 Å². The number of benzene rings is 2. The predicted octanol–water partition coefficient (Wildman–Crippen LogP) is 4.40. The molecule has 1 saturated heterocycles. The van der Waals surface area contributed by atoms with Crippen molar-refractivity contribution in [3.63, 3.8) is 0 Å². The van der Waals surface area contributed by atoms with Crippen LogP contribution in [0.2, 0.25) is 0 Å². The second-order valence-corrected chi connectivity index (χ2v) is 8.90. The molecule has 0 radical (unpaired) electrons. The molecule has 4 rings (SSSR count). The molecular formula is C25H24IN3O4. The molecule has 1 atom stereocenters. The Bertz CT molecular complexity index is 1170. The summed E-state index contributed by atoms with van der Waals surface area (Å²) < 4.78 is 8.50. The largest absolute Gasteiger partial charge is 0.507 e. The quantitative estimate of drug-likeness (QED) is 0.192. The summed E-state index contributed by atoms with van der Waals surface area (Å²) in [5.74, 6) is -0.898. The van der Waals surface area contributed by atoms with Crippen molar-refractivity contribution in [1.29, 1.82) is 0 Å². The molecule has 33 heavy (non-hydrogen) atoms. The second kappa shape index (κ2) is 10.2. The van der Waals surface area contributed by atoms with Gasteiger partial charge < -0.3 is 19.3 Å². The maximum Gasteiger partial charge on any atom is 0.295 e. The van der Waals surface area contributed by atoms with Gasteiger partial charge in [0, 0.05) is 34.6 Å². The first-order chi connectivity index (χ1) is 16.0. The predicted molar refractivity (Wildman–Crippen MR) is 133 cm³/mol. The van der Waals surface area contributed by atoms with Gasteiger partial charge in [-0.15, -0.1) is 0 Å². The molecule has 0 saturated carbocycles. The van der Waals surface area contributed by atoms with Gasteiger partial charge in [0.25, 0.3) is 11.7 Å². The molecule has 1 N–H and O–H groups in total. The van der Waals surface area contributed by atoms with Crippen LogP contribution in [-0.2, 0) is 16.1 Å². The van der Waals surface area contributed by atoms with Gasteiger partial charge in [-0.05, 0) is 65.8 Å². The van der Waals surface area contributed by atoms with Crippen molar-refractivity contribution < 1.29 is 19.4 Å². The van der Waals surface area contributed by atoms with Gasteiger partial charge in [0.1, 0.15) is 11.5 Å². The highest BCUT2D eigenvalue weighted by Crippen LogP contribution is 2.40. The van der Waals surface area contributed by atoms with E-state index in [-0.39, 0.29) is 11.3 Å². The summed E-state index contributed by atoms with van der Waals surface area (Å²) in [7, 11) is 0. The normalized spacial score (nSPS) is 17.5. The number of carbonyl (C=O) groups is 2. The van der Waals surface area contributed by atoms with E-state index in [1.807, 2.05) is 42.0 Å². The second-order valence-electron chi connectivity index (χ2n) is 7.66. The van der Waals surface area contributed by atoms with Crippen LogP contribution in [0.3, 0.4) is 0 Å². The van der Waals surface area contributed by atoms with Crippen LogP contribution in [0.1, 0.15) is 30.5 Å². The van der Waals surface area contributed by atoms with Crippen molar-refractivity contribution in [2.24, 2.45) is 0 Å². The fourth-order valence-corrected chi connectivity index (χ4v) is 4.36. The molecule has 1 unspecified atom stereocenters. The van der Waals surface area contributed by atoms with E-state index in [0.717, 1.165) is 9.13 Å².